The summed E-state index contributed by atoms with van der Waals surface area (Å²) in [6.45, 7) is 11.3. The molecular weight excluding hydrogens is 478 g/mol. The Balaban J connectivity index is 0.000000122. The Bertz CT molecular complexity index is 669. The minimum atomic E-state index is 0.582. The van der Waals surface area contributed by atoms with Crippen LogP contribution in [0.15, 0.2) is 0 Å². The van der Waals surface area contributed by atoms with Crippen LogP contribution in [0, 0.1) is 11.3 Å². The third kappa shape index (κ3) is 9.66. The molecule has 228 valence electrons. The van der Waals surface area contributed by atoms with E-state index in [0.29, 0.717) is 5.41 Å². The summed E-state index contributed by atoms with van der Waals surface area (Å²) in [5.41, 5.74) is 0.582. The maximum atomic E-state index is 3.55. The normalized spacial score (nSPS) is 38.6. The molecule has 7 aliphatic heterocycles. The van der Waals surface area contributed by atoms with E-state index in [1.807, 2.05) is 0 Å². The first-order valence-electron chi connectivity index (χ1n) is 17.3. The van der Waals surface area contributed by atoms with Crippen LogP contribution in [-0.4, -0.2) is 111 Å². The van der Waals surface area contributed by atoms with Crippen LogP contribution in [0.5, 0.6) is 0 Å². The zero-order valence-electron chi connectivity index (χ0n) is 27.1. The highest BCUT2D eigenvalue weighted by Crippen LogP contribution is 2.35. The molecule has 1 saturated carbocycles. The molecule has 0 radical (unpaired) electrons. The summed E-state index contributed by atoms with van der Waals surface area (Å²) in [5, 5.41) is 3.55. The second-order valence-electron chi connectivity index (χ2n) is 15.3. The van der Waals surface area contributed by atoms with Crippen molar-refractivity contribution in [3.05, 3.63) is 0 Å². The Labute approximate surface area is 243 Å². The second kappa shape index (κ2) is 15.3. The van der Waals surface area contributed by atoms with E-state index in [4.69, 9.17) is 0 Å². The number of hydrogen-bond acceptors (Lipinski definition) is 5. The van der Waals surface area contributed by atoms with Gasteiger partial charge < -0.3 is 24.9 Å². The number of likely N-dealkylation sites (N-methyl/N-ethyl adjacent to an activating group) is 1. The molecule has 5 heteroatoms. The fraction of sp³-hybridized carbons (Fsp3) is 1.00. The van der Waals surface area contributed by atoms with Gasteiger partial charge in [0.05, 0.1) is 0 Å². The maximum absolute atomic E-state index is 3.55. The molecule has 2 unspecified atom stereocenters. The molecule has 2 atom stereocenters. The van der Waals surface area contributed by atoms with Crippen molar-refractivity contribution in [2.45, 2.75) is 147 Å². The van der Waals surface area contributed by atoms with Gasteiger partial charge in [-0.1, -0.05) is 26.7 Å². The summed E-state index contributed by atoms with van der Waals surface area (Å²) in [5.74, 6) is 1.06. The van der Waals surface area contributed by atoms with E-state index in [9.17, 15) is 0 Å². The lowest BCUT2D eigenvalue weighted by Crippen LogP contribution is -2.46. The molecule has 7 heterocycles. The highest BCUT2D eigenvalue weighted by Gasteiger charge is 2.36. The van der Waals surface area contributed by atoms with E-state index >= 15 is 0 Å². The zero-order chi connectivity index (χ0) is 27.8. The first-order chi connectivity index (χ1) is 18.7. The highest BCUT2D eigenvalue weighted by atomic mass is 15.2. The molecule has 1 N–H and O–H groups in total. The molecule has 39 heavy (non-hydrogen) atoms. The average molecular weight is 546 g/mol. The predicted octanol–water partition coefficient (Wildman–Crippen LogP) is 6.08. The summed E-state index contributed by atoms with van der Waals surface area (Å²) < 4.78 is 0. The largest absolute Gasteiger partial charge is 0.312 e. The van der Waals surface area contributed by atoms with Gasteiger partial charge in [0.1, 0.15) is 0 Å². The number of nitrogens with one attached hydrogen (secondary N) is 1. The van der Waals surface area contributed by atoms with Gasteiger partial charge in [-0.2, -0.15) is 0 Å². The van der Waals surface area contributed by atoms with Crippen molar-refractivity contribution in [3.63, 3.8) is 0 Å². The molecule has 1 aliphatic carbocycles. The summed E-state index contributed by atoms with van der Waals surface area (Å²) in [6, 6.07) is 4.57. The summed E-state index contributed by atoms with van der Waals surface area (Å²) in [6.07, 6.45) is 23.0. The average Bonchev–Trinajstić information content (AvgIpc) is 3.66. The number of hydrogen-bond donors (Lipinski definition) is 1. The van der Waals surface area contributed by atoms with Crippen molar-refractivity contribution in [1.29, 1.82) is 0 Å². The number of piperidine rings is 3. The summed E-state index contributed by atoms with van der Waals surface area (Å²) in [4.78, 5) is 10.1. The molecule has 0 aromatic heterocycles. The standard InChI is InChI=1S/C11H23N.C8H16N2.C8H15N.C7H13N/c1-11(2)7-5-4-6-9-12(3)10-8-11;1-10-6-2-3-7-8(10)4-5-9-7;1-9-6-7-2-4-8(9)5-3-7;1-8-6-2-3-7(8)5-4-6/h4-10H2,1-3H3;7-9H,2-6H2,1H3;7-8H,2-6H2,1H3;6-7H,2-5H2,1H3. The molecule has 5 nitrogen and oxygen atoms in total. The third-order valence-electron chi connectivity index (χ3n) is 11.8. The van der Waals surface area contributed by atoms with Crippen LogP contribution in [0.25, 0.3) is 0 Å². The number of rotatable bonds is 0. The van der Waals surface area contributed by atoms with Gasteiger partial charge in [-0.3, -0.25) is 0 Å². The van der Waals surface area contributed by atoms with E-state index in [1.54, 1.807) is 0 Å². The van der Waals surface area contributed by atoms with E-state index in [-0.39, 0.29) is 0 Å². The number of fused-ring (bicyclic) bond motifs is 6. The van der Waals surface area contributed by atoms with Crippen molar-refractivity contribution in [1.82, 2.24) is 24.9 Å². The number of likely N-dealkylation sites (tertiary alicyclic amines) is 1. The Kier molecular flexibility index (Phi) is 12.5. The lowest BCUT2D eigenvalue weighted by atomic mass is 9.80. The Morgan fingerprint density at radius 3 is 1.77 bits per heavy atom. The molecule has 8 rings (SSSR count). The number of nitrogens with zero attached hydrogens (tertiary/aromatic N) is 4. The van der Waals surface area contributed by atoms with Crippen molar-refractivity contribution in [3.8, 4) is 0 Å². The lowest BCUT2D eigenvalue weighted by molar-refractivity contribution is 0.0727. The minimum Gasteiger partial charge on any atom is -0.312 e. The maximum Gasteiger partial charge on any atom is 0.0258 e. The van der Waals surface area contributed by atoms with E-state index in [2.05, 4.69) is 67.0 Å². The molecule has 8 fully saturated rings. The molecule has 0 aromatic carbocycles. The Morgan fingerprint density at radius 1 is 0.590 bits per heavy atom. The van der Waals surface area contributed by atoms with Crippen LogP contribution in [0.3, 0.4) is 0 Å². The van der Waals surface area contributed by atoms with Crippen molar-refractivity contribution < 1.29 is 0 Å². The van der Waals surface area contributed by atoms with Gasteiger partial charge in [0, 0.05) is 36.8 Å². The lowest BCUT2D eigenvalue weighted by Gasteiger charge is -2.43. The molecule has 7 saturated heterocycles. The SMILES string of the molecule is CN1C2CCC1CC2.CN1CC2CCC1CC2.CN1CCCC2NCCC21.CN1CCCCCC(C)(C)CC1. The first-order valence-corrected chi connectivity index (χ1v) is 17.3. The summed E-state index contributed by atoms with van der Waals surface area (Å²) >= 11 is 0. The van der Waals surface area contributed by atoms with Gasteiger partial charge in [-0.15, -0.1) is 0 Å². The van der Waals surface area contributed by atoms with Gasteiger partial charge >= 0.3 is 0 Å². The van der Waals surface area contributed by atoms with Crippen molar-refractivity contribution in [2.75, 3.05) is 60.9 Å². The van der Waals surface area contributed by atoms with Crippen LogP contribution in [0.1, 0.15) is 117 Å². The zero-order valence-corrected chi connectivity index (χ0v) is 27.1. The van der Waals surface area contributed by atoms with Gasteiger partial charge in [0.25, 0.3) is 0 Å². The van der Waals surface area contributed by atoms with E-state index in [0.717, 1.165) is 36.1 Å². The Hall–Kier alpha value is -0.200. The fourth-order valence-corrected chi connectivity index (χ4v) is 8.69. The quantitative estimate of drug-likeness (QED) is 0.398. The smallest absolute Gasteiger partial charge is 0.0258 e. The van der Waals surface area contributed by atoms with Crippen LogP contribution >= 0.6 is 0 Å². The first kappa shape index (κ1) is 31.7. The highest BCUT2D eigenvalue weighted by molar-refractivity contribution is 4.93. The van der Waals surface area contributed by atoms with Crippen LogP contribution in [-0.2, 0) is 0 Å². The monoisotopic (exact) mass is 546 g/mol. The third-order valence-corrected chi connectivity index (χ3v) is 11.8. The second-order valence-corrected chi connectivity index (χ2v) is 15.3. The molecule has 0 spiro atoms. The minimum absolute atomic E-state index is 0.582. The summed E-state index contributed by atoms with van der Waals surface area (Å²) in [7, 11) is 9.05. The van der Waals surface area contributed by atoms with Crippen LogP contribution in [0.2, 0.25) is 0 Å². The van der Waals surface area contributed by atoms with Gasteiger partial charge in [0.2, 0.25) is 0 Å². The fourth-order valence-electron chi connectivity index (χ4n) is 8.69. The predicted molar refractivity (Wildman–Crippen MR) is 169 cm³/mol. The Morgan fingerprint density at radius 2 is 1.26 bits per heavy atom. The van der Waals surface area contributed by atoms with E-state index in [1.165, 1.54) is 135 Å². The molecule has 4 bridgehead atoms. The topological polar surface area (TPSA) is 25.0 Å². The van der Waals surface area contributed by atoms with Gasteiger partial charge in [0.15, 0.2) is 0 Å². The van der Waals surface area contributed by atoms with Crippen molar-refractivity contribution in [2.24, 2.45) is 11.3 Å². The van der Waals surface area contributed by atoms with E-state index < -0.39 is 0 Å². The molecule has 0 amide bonds. The van der Waals surface area contributed by atoms with Gasteiger partial charge in [-0.25, -0.2) is 0 Å². The van der Waals surface area contributed by atoms with Crippen molar-refractivity contribution >= 4 is 0 Å². The molecule has 8 aliphatic rings. The molecular formula is C34H67N5. The molecule has 0 aromatic rings. The van der Waals surface area contributed by atoms with Crippen LogP contribution in [0.4, 0.5) is 0 Å². The van der Waals surface area contributed by atoms with Gasteiger partial charge in [-0.05, 0) is 156 Å². The van der Waals surface area contributed by atoms with Crippen LogP contribution < -0.4 is 5.32 Å².